The molecule has 0 saturated carbocycles. The molecule has 0 aliphatic carbocycles. The van der Waals surface area contributed by atoms with Gasteiger partial charge in [0.2, 0.25) is 8.32 Å². The Kier molecular flexibility index (Phi) is 9.10. The summed E-state index contributed by atoms with van der Waals surface area (Å²) in [5, 5.41) is 0. The zero-order valence-electron chi connectivity index (χ0n) is 19.6. The maximum atomic E-state index is 14.8. The molecule has 0 unspecified atom stereocenters. The maximum absolute atomic E-state index is 14.8. The zero-order valence-corrected chi connectivity index (χ0v) is 21.4. The summed E-state index contributed by atoms with van der Waals surface area (Å²) >= 11 is 0. The van der Waals surface area contributed by atoms with Crippen LogP contribution in [0.5, 0.6) is 0 Å². The molecule has 1 aromatic rings. The van der Waals surface area contributed by atoms with Gasteiger partial charge in [0, 0.05) is 26.9 Å². The van der Waals surface area contributed by atoms with E-state index in [4.69, 9.17) is 4.43 Å². The van der Waals surface area contributed by atoms with Crippen molar-refractivity contribution >= 4 is 19.1 Å². The normalized spacial score (nSPS) is 15.5. The molecule has 5 heteroatoms. The standard InChI is InChI=1S/C23H41FO2SSi/c1-16(2)28(17(3)4,18(5)6)26-14-21-20(12-11-13-22(21)24)19(7)15-27(25)23(8,9)10/h11-13,16-19H,14-15H2,1-10H3/t19-,27+/m0/s1. The largest absolute Gasteiger partial charge is 0.412 e. The second-order valence-corrected chi connectivity index (χ2v) is 17.6. The summed E-state index contributed by atoms with van der Waals surface area (Å²) in [6.07, 6.45) is 0. The Balaban J connectivity index is 3.20. The molecule has 28 heavy (non-hydrogen) atoms. The molecule has 0 N–H and O–H groups in total. The second kappa shape index (κ2) is 9.99. The number of hydrogen-bond acceptors (Lipinski definition) is 2. The summed E-state index contributed by atoms with van der Waals surface area (Å²) in [5.74, 6) is 0.328. The van der Waals surface area contributed by atoms with Crippen LogP contribution in [-0.2, 0) is 21.8 Å². The highest BCUT2D eigenvalue weighted by Crippen LogP contribution is 2.43. The minimum Gasteiger partial charge on any atom is -0.412 e. The number of halogens is 1. The van der Waals surface area contributed by atoms with Crippen LogP contribution >= 0.6 is 0 Å². The molecule has 0 aliphatic heterocycles. The van der Waals surface area contributed by atoms with Gasteiger partial charge in [-0.15, -0.1) is 0 Å². The Bertz CT molecular complexity index is 643. The lowest BCUT2D eigenvalue weighted by Gasteiger charge is -2.42. The van der Waals surface area contributed by atoms with Crippen molar-refractivity contribution in [2.24, 2.45) is 0 Å². The van der Waals surface area contributed by atoms with Crippen molar-refractivity contribution in [2.75, 3.05) is 5.75 Å². The molecule has 0 heterocycles. The molecule has 0 aromatic heterocycles. The van der Waals surface area contributed by atoms with Crippen LogP contribution in [0.1, 0.15) is 86.3 Å². The van der Waals surface area contributed by atoms with Gasteiger partial charge >= 0.3 is 0 Å². The van der Waals surface area contributed by atoms with E-state index in [2.05, 4.69) is 41.5 Å². The number of rotatable bonds is 9. The van der Waals surface area contributed by atoms with Crippen LogP contribution in [0.25, 0.3) is 0 Å². The van der Waals surface area contributed by atoms with Gasteiger partial charge in [0.1, 0.15) is 5.82 Å². The summed E-state index contributed by atoms with van der Waals surface area (Å²) in [6.45, 7) is 21.7. The van der Waals surface area contributed by atoms with Crippen LogP contribution in [0.2, 0.25) is 16.6 Å². The molecule has 0 aliphatic rings. The van der Waals surface area contributed by atoms with Gasteiger partial charge < -0.3 is 4.43 Å². The lowest BCUT2D eigenvalue weighted by atomic mass is 9.97. The molecule has 0 spiro atoms. The monoisotopic (exact) mass is 428 g/mol. The lowest BCUT2D eigenvalue weighted by Crippen LogP contribution is -2.47. The smallest absolute Gasteiger partial charge is 0.200 e. The second-order valence-electron chi connectivity index (χ2n) is 9.94. The van der Waals surface area contributed by atoms with Crippen molar-refractivity contribution in [2.45, 2.75) is 103 Å². The Morgan fingerprint density at radius 1 is 1.00 bits per heavy atom. The van der Waals surface area contributed by atoms with Crippen LogP contribution in [0.15, 0.2) is 18.2 Å². The third kappa shape index (κ3) is 5.76. The van der Waals surface area contributed by atoms with Gasteiger partial charge in [0.25, 0.3) is 0 Å². The molecule has 2 nitrogen and oxygen atoms in total. The molecule has 0 amide bonds. The summed E-state index contributed by atoms with van der Waals surface area (Å²) in [4.78, 5) is 0. The molecule has 0 radical (unpaired) electrons. The third-order valence-electron chi connectivity index (χ3n) is 5.94. The van der Waals surface area contributed by atoms with Gasteiger partial charge in [-0.3, -0.25) is 4.21 Å². The van der Waals surface area contributed by atoms with Crippen LogP contribution in [0, 0.1) is 5.82 Å². The lowest BCUT2D eigenvalue weighted by molar-refractivity contribution is 0.259. The van der Waals surface area contributed by atoms with E-state index >= 15 is 0 Å². The average molecular weight is 429 g/mol. The van der Waals surface area contributed by atoms with Crippen molar-refractivity contribution in [3.63, 3.8) is 0 Å². The Morgan fingerprint density at radius 3 is 1.93 bits per heavy atom. The molecular formula is C23H41FO2SSi. The first-order chi connectivity index (χ1) is 12.7. The molecule has 0 fully saturated rings. The molecule has 162 valence electrons. The average Bonchev–Trinajstić information content (AvgIpc) is 2.54. The molecule has 2 atom stereocenters. The predicted octanol–water partition coefficient (Wildman–Crippen LogP) is 7.17. The molecular weight excluding hydrogens is 387 g/mol. The first-order valence-corrected chi connectivity index (χ1v) is 14.0. The van der Waals surface area contributed by atoms with E-state index in [1.807, 2.05) is 33.8 Å². The fourth-order valence-corrected chi connectivity index (χ4v) is 11.0. The Hall–Kier alpha value is -0.523. The van der Waals surface area contributed by atoms with Crippen LogP contribution < -0.4 is 0 Å². The topological polar surface area (TPSA) is 26.3 Å². The van der Waals surface area contributed by atoms with Crippen molar-refractivity contribution in [3.8, 4) is 0 Å². The van der Waals surface area contributed by atoms with Gasteiger partial charge in [-0.25, -0.2) is 4.39 Å². The van der Waals surface area contributed by atoms with Crippen molar-refractivity contribution in [1.82, 2.24) is 0 Å². The van der Waals surface area contributed by atoms with Gasteiger partial charge in [0.15, 0.2) is 0 Å². The van der Waals surface area contributed by atoms with E-state index in [0.717, 1.165) is 5.56 Å². The fraction of sp³-hybridized carbons (Fsp3) is 0.739. The van der Waals surface area contributed by atoms with E-state index in [0.29, 0.717) is 34.5 Å². The van der Waals surface area contributed by atoms with Gasteiger partial charge in [-0.2, -0.15) is 0 Å². The maximum Gasteiger partial charge on any atom is 0.200 e. The Labute approximate surface area is 176 Å². The minimum absolute atomic E-state index is 0.0163. The van der Waals surface area contributed by atoms with E-state index in [1.54, 1.807) is 6.07 Å². The fourth-order valence-electron chi connectivity index (χ4n) is 4.45. The first kappa shape index (κ1) is 25.5. The van der Waals surface area contributed by atoms with Crippen LogP contribution in [0.4, 0.5) is 4.39 Å². The van der Waals surface area contributed by atoms with Gasteiger partial charge in [-0.05, 0) is 54.9 Å². The summed E-state index contributed by atoms with van der Waals surface area (Å²) in [6, 6.07) is 5.23. The first-order valence-electron chi connectivity index (χ1n) is 10.5. The summed E-state index contributed by atoms with van der Waals surface area (Å²) in [7, 11) is -3.06. The summed E-state index contributed by atoms with van der Waals surface area (Å²) < 4.78 is 33.8. The van der Waals surface area contributed by atoms with E-state index in [1.165, 1.54) is 6.07 Å². The van der Waals surface area contributed by atoms with Gasteiger partial charge in [0.05, 0.1) is 6.61 Å². The van der Waals surface area contributed by atoms with Crippen molar-refractivity contribution in [3.05, 3.63) is 35.1 Å². The van der Waals surface area contributed by atoms with E-state index in [-0.39, 0.29) is 16.5 Å². The SMILES string of the molecule is CC(C)[Si](OCc1c(F)cccc1[C@@H](C)C[S@@](=O)C(C)(C)C)(C(C)C)C(C)C. The van der Waals surface area contributed by atoms with Crippen molar-refractivity contribution < 1.29 is 13.0 Å². The quantitative estimate of drug-likeness (QED) is 0.390. The van der Waals surface area contributed by atoms with Crippen LogP contribution in [0.3, 0.4) is 0 Å². The van der Waals surface area contributed by atoms with Crippen LogP contribution in [-0.4, -0.2) is 23.0 Å². The van der Waals surface area contributed by atoms with Crippen molar-refractivity contribution in [1.29, 1.82) is 0 Å². The highest BCUT2D eigenvalue weighted by Gasteiger charge is 2.45. The number of benzene rings is 1. The van der Waals surface area contributed by atoms with Gasteiger partial charge in [-0.1, -0.05) is 60.6 Å². The summed E-state index contributed by atoms with van der Waals surface area (Å²) in [5.41, 5.74) is 2.92. The molecule has 0 bridgehead atoms. The number of hydrogen-bond donors (Lipinski definition) is 0. The van der Waals surface area contributed by atoms with E-state index < -0.39 is 19.1 Å². The third-order valence-corrected chi connectivity index (χ3v) is 14.2. The molecule has 0 saturated heterocycles. The highest BCUT2D eigenvalue weighted by molar-refractivity contribution is 7.86. The van der Waals surface area contributed by atoms with E-state index in [9.17, 15) is 8.60 Å². The minimum atomic E-state index is -2.08. The Morgan fingerprint density at radius 2 is 1.50 bits per heavy atom. The predicted molar refractivity (Wildman–Crippen MR) is 123 cm³/mol. The zero-order chi connectivity index (χ0) is 21.9. The molecule has 1 aromatic carbocycles. The molecule has 1 rings (SSSR count). The highest BCUT2D eigenvalue weighted by atomic mass is 32.2.